The molecule has 1 saturated carbocycles. The molecule has 6 heteroatoms. The molecule has 2 amide bonds. The van der Waals surface area contributed by atoms with Crippen LogP contribution in [0.3, 0.4) is 0 Å². The number of carbonyl (C=O) groups is 2. The highest BCUT2D eigenvalue weighted by Crippen LogP contribution is 2.39. The molecule has 0 spiro atoms. The van der Waals surface area contributed by atoms with Crippen LogP contribution in [-0.2, 0) is 9.59 Å². The van der Waals surface area contributed by atoms with Gasteiger partial charge < -0.3 is 16.4 Å². The molecule has 0 aromatic heterocycles. The van der Waals surface area contributed by atoms with Gasteiger partial charge in [-0.15, -0.1) is 11.8 Å². The highest BCUT2D eigenvalue weighted by molar-refractivity contribution is 8.00. The fourth-order valence-corrected chi connectivity index (χ4v) is 3.79. The number of fused-ring (bicyclic) bond motifs is 1. The van der Waals surface area contributed by atoms with Gasteiger partial charge in [-0.3, -0.25) is 9.59 Å². The Kier molecular flexibility index (Phi) is 3.91. The number of hydrogen-bond donors (Lipinski definition) is 3. The van der Waals surface area contributed by atoms with Crippen LogP contribution in [0.5, 0.6) is 0 Å². The molecule has 0 bridgehead atoms. The summed E-state index contributed by atoms with van der Waals surface area (Å²) in [5, 5.41) is 5.79. The van der Waals surface area contributed by atoms with Crippen molar-refractivity contribution in [3.05, 3.63) is 18.2 Å². The minimum absolute atomic E-state index is 0.00256. The first-order valence-electron chi connectivity index (χ1n) is 7.21. The molecular formula is C15H19N3O2S. The van der Waals surface area contributed by atoms with Crippen LogP contribution in [0.25, 0.3) is 0 Å². The maximum atomic E-state index is 12.5. The van der Waals surface area contributed by atoms with Gasteiger partial charge in [0.05, 0.1) is 16.9 Å². The molecule has 0 unspecified atom stereocenters. The molecule has 1 aliphatic carbocycles. The van der Waals surface area contributed by atoms with E-state index in [2.05, 4.69) is 10.6 Å². The fraction of sp³-hybridized carbons (Fsp3) is 0.467. The maximum Gasteiger partial charge on any atom is 0.234 e. The third-order valence-corrected chi connectivity index (χ3v) is 5.38. The van der Waals surface area contributed by atoms with Crippen LogP contribution in [0, 0.1) is 5.41 Å². The SMILES string of the molecule is NCC1(C(=O)Nc2ccc3c(c2)NC(=O)CS3)CCCC1. The number of nitrogens with two attached hydrogens (primary N) is 1. The second-order valence-corrected chi connectivity index (χ2v) is 6.71. The molecule has 112 valence electrons. The Morgan fingerprint density at radius 3 is 2.86 bits per heavy atom. The van der Waals surface area contributed by atoms with Crippen LogP contribution in [-0.4, -0.2) is 24.1 Å². The van der Waals surface area contributed by atoms with Gasteiger partial charge in [-0.1, -0.05) is 12.8 Å². The molecule has 1 heterocycles. The number of rotatable bonds is 3. The Bertz CT molecular complexity index is 582. The van der Waals surface area contributed by atoms with Gasteiger partial charge in [0.1, 0.15) is 0 Å². The summed E-state index contributed by atoms with van der Waals surface area (Å²) >= 11 is 1.51. The molecule has 0 radical (unpaired) electrons. The molecule has 1 aromatic carbocycles. The molecule has 4 N–H and O–H groups in total. The number of hydrogen-bond acceptors (Lipinski definition) is 4. The lowest BCUT2D eigenvalue weighted by Gasteiger charge is -2.26. The van der Waals surface area contributed by atoms with E-state index in [-0.39, 0.29) is 11.8 Å². The van der Waals surface area contributed by atoms with Gasteiger partial charge in [-0.25, -0.2) is 0 Å². The van der Waals surface area contributed by atoms with Gasteiger partial charge in [0, 0.05) is 17.1 Å². The number of benzene rings is 1. The Morgan fingerprint density at radius 1 is 1.38 bits per heavy atom. The molecule has 5 nitrogen and oxygen atoms in total. The highest BCUT2D eigenvalue weighted by Gasteiger charge is 2.39. The monoisotopic (exact) mass is 305 g/mol. The van der Waals surface area contributed by atoms with Crippen molar-refractivity contribution in [2.75, 3.05) is 22.9 Å². The number of amides is 2. The first-order chi connectivity index (χ1) is 10.1. The highest BCUT2D eigenvalue weighted by atomic mass is 32.2. The summed E-state index contributed by atoms with van der Waals surface area (Å²) in [5.41, 5.74) is 6.88. The first kappa shape index (κ1) is 14.4. The van der Waals surface area contributed by atoms with E-state index in [4.69, 9.17) is 5.73 Å². The average molecular weight is 305 g/mol. The molecule has 3 rings (SSSR count). The van der Waals surface area contributed by atoms with Crippen molar-refractivity contribution in [2.45, 2.75) is 30.6 Å². The van der Waals surface area contributed by atoms with Gasteiger partial charge in [-0.05, 0) is 31.0 Å². The van der Waals surface area contributed by atoms with Gasteiger partial charge in [0.2, 0.25) is 11.8 Å². The van der Waals surface area contributed by atoms with Gasteiger partial charge in [0.15, 0.2) is 0 Å². The molecule has 21 heavy (non-hydrogen) atoms. The summed E-state index contributed by atoms with van der Waals surface area (Å²) in [6, 6.07) is 5.62. The van der Waals surface area contributed by atoms with Crippen LogP contribution in [0.1, 0.15) is 25.7 Å². The smallest absolute Gasteiger partial charge is 0.234 e. The Balaban J connectivity index is 1.77. The van der Waals surface area contributed by atoms with Crippen LogP contribution in [0.15, 0.2) is 23.1 Å². The predicted molar refractivity (Wildman–Crippen MR) is 84.4 cm³/mol. The van der Waals surface area contributed by atoms with E-state index in [1.807, 2.05) is 18.2 Å². The average Bonchev–Trinajstić information content (AvgIpc) is 2.97. The third kappa shape index (κ3) is 2.78. The molecule has 0 saturated heterocycles. The van der Waals surface area contributed by atoms with E-state index in [9.17, 15) is 9.59 Å². The number of anilines is 2. The molecule has 1 aromatic rings. The molecule has 1 fully saturated rings. The van der Waals surface area contributed by atoms with Crippen LogP contribution in [0.2, 0.25) is 0 Å². The van der Waals surface area contributed by atoms with Gasteiger partial charge >= 0.3 is 0 Å². The van der Waals surface area contributed by atoms with Crippen molar-refractivity contribution in [2.24, 2.45) is 11.1 Å². The van der Waals surface area contributed by atoms with E-state index in [0.29, 0.717) is 18.0 Å². The van der Waals surface area contributed by atoms with Crippen molar-refractivity contribution in [1.82, 2.24) is 0 Å². The number of thioether (sulfide) groups is 1. The molecule has 2 aliphatic rings. The summed E-state index contributed by atoms with van der Waals surface area (Å²) in [4.78, 5) is 25.0. The Hall–Kier alpha value is -1.53. The second-order valence-electron chi connectivity index (χ2n) is 5.69. The summed E-state index contributed by atoms with van der Waals surface area (Å²) < 4.78 is 0. The van der Waals surface area contributed by atoms with E-state index in [0.717, 1.165) is 36.3 Å². The second kappa shape index (κ2) is 5.69. The van der Waals surface area contributed by atoms with Crippen molar-refractivity contribution in [3.8, 4) is 0 Å². The summed E-state index contributed by atoms with van der Waals surface area (Å²) in [6.45, 7) is 0.385. The van der Waals surface area contributed by atoms with E-state index in [1.165, 1.54) is 11.8 Å². The van der Waals surface area contributed by atoms with Crippen molar-refractivity contribution in [3.63, 3.8) is 0 Å². The van der Waals surface area contributed by atoms with Crippen molar-refractivity contribution < 1.29 is 9.59 Å². The topological polar surface area (TPSA) is 84.2 Å². The van der Waals surface area contributed by atoms with Crippen LogP contribution < -0.4 is 16.4 Å². The minimum Gasteiger partial charge on any atom is -0.329 e. The zero-order valence-corrected chi connectivity index (χ0v) is 12.6. The van der Waals surface area contributed by atoms with Gasteiger partial charge in [-0.2, -0.15) is 0 Å². The van der Waals surface area contributed by atoms with Crippen LogP contribution >= 0.6 is 11.8 Å². The molecule has 1 aliphatic heterocycles. The molecule has 0 atom stereocenters. The van der Waals surface area contributed by atoms with Crippen molar-refractivity contribution >= 4 is 35.0 Å². The zero-order chi connectivity index (χ0) is 14.9. The van der Waals surface area contributed by atoms with E-state index < -0.39 is 5.41 Å². The summed E-state index contributed by atoms with van der Waals surface area (Å²) in [5.74, 6) is 0.428. The third-order valence-electron chi connectivity index (χ3n) is 4.30. The number of carbonyl (C=O) groups excluding carboxylic acids is 2. The lowest BCUT2D eigenvalue weighted by Crippen LogP contribution is -2.40. The normalized spacial score (nSPS) is 19.8. The van der Waals surface area contributed by atoms with Crippen LogP contribution in [0.4, 0.5) is 11.4 Å². The Morgan fingerprint density at radius 2 is 2.14 bits per heavy atom. The standard InChI is InChI=1S/C15H19N3O2S/c16-9-15(5-1-2-6-15)14(20)17-10-3-4-12-11(7-10)18-13(19)8-21-12/h3-4,7H,1-2,5-6,8-9,16H2,(H,17,20)(H,18,19). The van der Waals surface area contributed by atoms with Crippen molar-refractivity contribution in [1.29, 1.82) is 0 Å². The predicted octanol–water partition coefficient (Wildman–Crippen LogP) is 2.19. The minimum atomic E-state index is -0.423. The van der Waals surface area contributed by atoms with Gasteiger partial charge in [0.25, 0.3) is 0 Å². The maximum absolute atomic E-state index is 12.5. The lowest BCUT2D eigenvalue weighted by molar-refractivity contribution is -0.124. The quantitative estimate of drug-likeness (QED) is 0.799. The largest absolute Gasteiger partial charge is 0.329 e. The lowest BCUT2D eigenvalue weighted by atomic mass is 9.85. The fourth-order valence-electron chi connectivity index (χ4n) is 3.00. The van der Waals surface area contributed by atoms with E-state index in [1.54, 1.807) is 0 Å². The molecular weight excluding hydrogens is 286 g/mol. The number of nitrogens with one attached hydrogen (secondary N) is 2. The zero-order valence-electron chi connectivity index (χ0n) is 11.8. The first-order valence-corrected chi connectivity index (χ1v) is 8.20. The van der Waals surface area contributed by atoms with E-state index >= 15 is 0 Å². The summed E-state index contributed by atoms with van der Waals surface area (Å²) in [6.07, 6.45) is 3.82. The Labute approximate surface area is 128 Å². The summed E-state index contributed by atoms with van der Waals surface area (Å²) in [7, 11) is 0.